The van der Waals surface area contributed by atoms with Crippen LogP contribution < -0.4 is 15.0 Å². The summed E-state index contributed by atoms with van der Waals surface area (Å²) in [6.45, 7) is 2.01. The largest absolute Gasteiger partial charge is 0.497 e. The van der Waals surface area contributed by atoms with Crippen molar-refractivity contribution in [2.75, 3.05) is 31.6 Å². The van der Waals surface area contributed by atoms with E-state index in [4.69, 9.17) is 9.26 Å². The molecule has 0 aliphatic carbocycles. The van der Waals surface area contributed by atoms with E-state index in [1.54, 1.807) is 13.3 Å². The Bertz CT molecular complexity index is 921. The number of carbonyl (C=O) groups excluding carboxylic acids is 1. The average molecular weight is 365 g/mol. The summed E-state index contributed by atoms with van der Waals surface area (Å²) in [5, 5.41) is 6.90. The number of amides is 1. The Labute approximate surface area is 156 Å². The summed E-state index contributed by atoms with van der Waals surface area (Å²) in [7, 11) is 1.62. The first-order valence-corrected chi connectivity index (χ1v) is 8.69. The van der Waals surface area contributed by atoms with Crippen LogP contribution in [0.3, 0.4) is 0 Å². The molecule has 0 unspecified atom stereocenters. The Morgan fingerprint density at radius 2 is 1.93 bits per heavy atom. The molecule has 138 valence electrons. The van der Waals surface area contributed by atoms with E-state index in [0.29, 0.717) is 31.2 Å². The second-order valence-corrected chi connectivity index (χ2v) is 6.14. The van der Waals surface area contributed by atoms with Crippen LogP contribution in [0.25, 0.3) is 22.8 Å². The lowest BCUT2D eigenvalue weighted by Gasteiger charge is -2.20. The van der Waals surface area contributed by atoms with Gasteiger partial charge in [0.15, 0.2) is 0 Å². The molecule has 3 aromatic rings. The number of nitrogens with zero attached hydrogens (tertiary/aromatic N) is 4. The van der Waals surface area contributed by atoms with Gasteiger partial charge in [-0.05, 0) is 36.4 Å². The number of pyridine rings is 1. The fourth-order valence-electron chi connectivity index (χ4n) is 2.89. The average Bonchev–Trinajstić information content (AvgIpc) is 3.11. The monoisotopic (exact) mass is 365 g/mol. The molecular formula is C19H19N5O3. The number of ether oxygens (including phenoxy) is 1. The summed E-state index contributed by atoms with van der Waals surface area (Å²) in [5.41, 5.74) is 1.59. The minimum atomic E-state index is 0.0750. The summed E-state index contributed by atoms with van der Waals surface area (Å²) in [6.07, 6.45) is 2.18. The second kappa shape index (κ2) is 7.45. The van der Waals surface area contributed by atoms with Crippen molar-refractivity contribution in [3.8, 4) is 28.6 Å². The van der Waals surface area contributed by atoms with E-state index in [1.165, 1.54) is 0 Å². The van der Waals surface area contributed by atoms with Crippen molar-refractivity contribution in [2.24, 2.45) is 0 Å². The summed E-state index contributed by atoms with van der Waals surface area (Å²) in [6, 6.07) is 11.3. The van der Waals surface area contributed by atoms with Gasteiger partial charge >= 0.3 is 0 Å². The number of hydrogen-bond acceptors (Lipinski definition) is 7. The molecular weight excluding hydrogens is 346 g/mol. The van der Waals surface area contributed by atoms with Gasteiger partial charge in [0.05, 0.1) is 12.7 Å². The first kappa shape index (κ1) is 17.0. The van der Waals surface area contributed by atoms with Crippen LogP contribution in [0.1, 0.15) is 6.42 Å². The molecule has 1 amide bonds. The van der Waals surface area contributed by atoms with Gasteiger partial charge in [-0.3, -0.25) is 4.79 Å². The molecule has 0 saturated carbocycles. The number of hydrogen-bond donors (Lipinski definition) is 1. The molecule has 1 aliphatic rings. The van der Waals surface area contributed by atoms with Gasteiger partial charge in [-0.2, -0.15) is 4.98 Å². The van der Waals surface area contributed by atoms with Crippen molar-refractivity contribution in [1.82, 2.24) is 20.4 Å². The second-order valence-electron chi connectivity index (χ2n) is 6.14. The van der Waals surface area contributed by atoms with E-state index >= 15 is 0 Å². The van der Waals surface area contributed by atoms with Crippen molar-refractivity contribution >= 4 is 11.7 Å². The molecule has 1 saturated heterocycles. The van der Waals surface area contributed by atoms with Crippen LogP contribution in [0.5, 0.6) is 5.75 Å². The van der Waals surface area contributed by atoms with Crippen LogP contribution in [0.15, 0.2) is 47.1 Å². The molecule has 1 fully saturated rings. The highest BCUT2D eigenvalue weighted by atomic mass is 16.5. The highest BCUT2D eigenvalue weighted by Crippen LogP contribution is 2.24. The zero-order valence-corrected chi connectivity index (χ0v) is 14.9. The molecule has 8 heteroatoms. The third kappa shape index (κ3) is 3.74. The minimum Gasteiger partial charge on any atom is -0.497 e. The number of methoxy groups -OCH3 is 1. The highest BCUT2D eigenvalue weighted by Gasteiger charge is 2.16. The lowest BCUT2D eigenvalue weighted by Crippen LogP contribution is -2.28. The zero-order chi connectivity index (χ0) is 18.6. The van der Waals surface area contributed by atoms with Crippen molar-refractivity contribution in [2.45, 2.75) is 6.42 Å². The Kier molecular flexibility index (Phi) is 4.69. The molecule has 1 N–H and O–H groups in total. The first-order valence-electron chi connectivity index (χ1n) is 8.69. The maximum Gasteiger partial charge on any atom is 0.259 e. The van der Waals surface area contributed by atoms with Gasteiger partial charge in [0, 0.05) is 37.8 Å². The fraction of sp³-hybridized carbons (Fsp3) is 0.263. The zero-order valence-electron chi connectivity index (χ0n) is 14.9. The quantitative estimate of drug-likeness (QED) is 0.757. The van der Waals surface area contributed by atoms with E-state index in [2.05, 4.69) is 25.3 Å². The van der Waals surface area contributed by atoms with Gasteiger partial charge in [-0.1, -0.05) is 5.16 Å². The Morgan fingerprint density at radius 3 is 2.67 bits per heavy atom. The molecule has 0 bridgehead atoms. The molecule has 27 heavy (non-hydrogen) atoms. The normalized spacial score (nSPS) is 14.6. The van der Waals surface area contributed by atoms with Crippen molar-refractivity contribution in [3.05, 3.63) is 42.6 Å². The maximum absolute atomic E-state index is 11.5. The molecule has 1 aromatic carbocycles. The van der Waals surface area contributed by atoms with Gasteiger partial charge < -0.3 is 19.5 Å². The molecule has 4 rings (SSSR count). The van der Waals surface area contributed by atoms with Gasteiger partial charge in [0.2, 0.25) is 11.7 Å². The lowest BCUT2D eigenvalue weighted by atomic mass is 10.2. The van der Waals surface area contributed by atoms with E-state index in [-0.39, 0.29) is 5.91 Å². The van der Waals surface area contributed by atoms with E-state index in [0.717, 1.165) is 29.2 Å². The summed E-state index contributed by atoms with van der Waals surface area (Å²) in [4.78, 5) is 22.5. The van der Waals surface area contributed by atoms with Gasteiger partial charge in [-0.25, -0.2) is 4.98 Å². The number of aromatic nitrogens is 3. The SMILES string of the molecule is COc1ccc(-c2noc(-c3ccc(N4CCNC(=O)CC4)nc3)n2)cc1. The highest BCUT2D eigenvalue weighted by molar-refractivity contribution is 5.77. The Balaban J connectivity index is 1.50. The number of benzene rings is 1. The molecule has 8 nitrogen and oxygen atoms in total. The predicted molar refractivity (Wildman–Crippen MR) is 99.4 cm³/mol. The van der Waals surface area contributed by atoms with Crippen LogP contribution in [-0.4, -0.2) is 47.8 Å². The van der Waals surface area contributed by atoms with Crippen molar-refractivity contribution in [3.63, 3.8) is 0 Å². The standard InChI is InChI=1S/C19H19N5O3/c1-26-15-5-2-13(3-6-15)18-22-19(27-23-18)14-4-7-16(21-12-14)24-10-8-17(25)20-9-11-24/h2-7,12H,8-11H2,1H3,(H,20,25). The predicted octanol–water partition coefficient (Wildman–Crippen LogP) is 2.13. The number of anilines is 1. The van der Waals surface area contributed by atoms with Crippen molar-refractivity contribution in [1.29, 1.82) is 0 Å². The van der Waals surface area contributed by atoms with Crippen LogP contribution in [0.2, 0.25) is 0 Å². The maximum atomic E-state index is 11.5. The first-order chi connectivity index (χ1) is 13.2. The van der Waals surface area contributed by atoms with Gasteiger partial charge in [0.1, 0.15) is 11.6 Å². The number of nitrogens with one attached hydrogen (secondary N) is 1. The minimum absolute atomic E-state index is 0.0750. The Hall–Kier alpha value is -3.42. The summed E-state index contributed by atoms with van der Waals surface area (Å²) < 4.78 is 10.5. The number of rotatable bonds is 4. The Morgan fingerprint density at radius 1 is 1.11 bits per heavy atom. The van der Waals surface area contributed by atoms with E-state index < -0.39 is 0 Å². The third-order valence-electron chi connectivity index (χ3n) is 4.41. The summed E-state index contributed by atoms with van der Waals surface area (Å²) in [5.74, 6) is 2.59. The molecule has 0 atom stereocenters. The topological polar surface area (TPSA) is 93.4 Å². The molecule has 2 aromatic heterocycles. The smallest absolute Gasteiger partial charge is 0.259 e. The molecule has 0 spiro atoms. The number of carbonyl (C=O) groups is 1. The molecule has 1 aliphatic heterocycles. The van der Waals surface area contributed by atoms with Crippen LogP contribution in [-0.2, 0) is 4.79 Å². The van der Waals surface area contributed by atoms with Crippen LogP contribution >= 0.6 is 0 Å². The van der Waals surface area contributed by atoms with Crippen LogP contribution in [0, 0.1) is 0 Å². The third-order valence-corrected chi connectivity index (χ3v) is 4.41. The van der Waals surface area contributed by atoms with Crippen LogP contribution in [0.4, 0.5) is 5.82 Å². The lowest BCUT2D eigenvalue weighted by molar-refractivity contribution is -0.120. The van der Waals surface area contributed by atoms with E-state index in [1.807, 2.05) is 36.4 Å². The fourth-order valence-corrected chi connectivity index (χ4v) is 2.89. The molecule has 0 radical (unpaired) electrons. The van der Waals surface area contributed by atoms with Gasteiger partial charge in [0.25, 0.3) is 5.89 Å². The van der Waals surface area contributed by atoms with E-state index in [9.17, 15) is 4.79 Å². The van der Waals surface area contributed by atoms with Crippen molar-refractivity contribution < 1.29 is 14.1 Å². The summed E-state index contributed by atoms with van der Waals surface area (Å²) >= 11 is 0. The molecule has 3 heterocycles. The van der Waals surface area contributed by atoms with Gasteiger partial charge in [-0.15, -0.1) is 0 Å².